The van der Waals surface area contributed by atoms with Crippen LogP contribution >= 0.6 is 11.8 Å². The van der Waals surface area contributed by atoms with Gasteiger partial charge in [0.1, 0.15) is 11.6 Å². The zero-order valence-electron chi connectivity index (χ0n) is 16.0. The zero-order valence-corrected chi connectivity index (χ0v) is 16.8. The number of rotatable bonds is 5. The monoisotopic (exact) mass is 397 g/mol. The van der Waals surface area contributed by atoms with Crippen molar-refractivity contribution in [1.82, 2.24) is 9.97 Å². The lowest BCUT2D eigenvalue weighted by atomic mass is 9.76. The molecule has 0 radical (unpaired) electrons. The summed E-state index contributed by atoms with van der Waals surface area (Å²) in [6, 6.07) is 7.58. The number of aromatic amines is 1. The van der Waals surface area contributed by atoms with Gasteiger partial charge in [-0.3, -0.25) is 9.59 Å². The van der Waals surface area contributed by atoms with Crippen LogP contribution in [0.3, 0.4) is 0 Å². The first-order chi connectivity index (χ1) is 13.6. The van der Waals surface area contributed by atoms with Crippen molar-refractivity contribution in [3.8, 4) is 5.75 Å². The molecule has 2 aromatic rings. The van der Waals surface area contributed by atoms with Gasteiger partial charge >= 0.3 is 0 Å². The minimum atomic E-state index is -0.435. The zero-order chi connectivity index (χ0) is 19.7. The molecule has 2 heterocycles. The molecular weight excluding hydrogens is 374 g/mol. The van der Waals surface area contributed by atoms with Crippen molar-refractivity contribution < 1.29 is 9.53 Å². The second kappa shape index (κ2) is 7.83. The van der Waals surface area contributed by atoms with Gasteiger partial charge in [-0.1, -0.05) is 30.8 Å². The summed E-state index contributed by atoms with van der Waals surface area (Å²) >= 11 is 1.53. The molecule has 0 saturated heterocycles. The van der Waals surface area contributed by atoms with Crippen LogP contribution in [0.4, 0.5) is 5.82 Å². The van der Waals surface area contributed by atoms with Crippen LogP contribution in [0.1, 0.15) is 49.7 Å². The topological polar surface area (TPSA) is 84.1 Å². The molecule has 1 aliphatic carbocycles. The number of fused-ring (bicyclic) bond motifs is 1. The van der Waals surface area contributed by atoms with Crippen molar-refractivity contribution in [2.75, 3.05) is 18.2 Å². The number of H-pyrrole nitrogens is 1. The Kier molecular flexibility index (Phi) is 5.26. The van der Waals surface area contributed by atoms with Gasteiger partial charge < -0.3 is 15.0 Å². The Labute approximate surface area is 167 Å². The van der Waals surface area contributed by atoms with Crippen molar-refractivity contribution in [2.24, 2.45) is 0 Å². The van der Waals surface area contributed by atoms with Gasteiger partial charge in [-0.05, 0) is 37.0 Å². The highest BCUT2D eigenvalue weighted by atomic mass is 32.2. The number of thioether (sulfide) groups is 1. The first kappa shape index (κ1) is 18.8. The Balaban J connectivity index is 1.90. The number of anilines is 1. The standard InChI is InChI=1S/C21H23N3O3S/c1-3-10-28-21-23-19-18(20(26)24-21)16(12-6-4-7-13(11-12)27-2)17-14(22-19)8-5-9-15(17)25/h4,6-7,11,16H,3,5,8-10H2,1-2H3,(H2,22,23,24,26)/t16-/m0/s1. The smallest absolute Gasteiger partial charge is 0.257 e. The molecule has 28 heavy (non-hydrogen) atoms. The van der Waals surface area contributed by atoms with Gasteiger partial charge in [0.25, 0.3) is 5.56 Å². The summed E-state index contributed by atoms with van der Waals surface area (Å²) in [6.07, 6.45) is 3.10. The Morgan fingerprint density at radius 2 is 2.14 bits per heavy atom. The predicted molar refractivity (Wildman–Crippen MR) is 110 cm³/mol. The molecule has 146 valence electrons. The van der Waals surface area contributed by atoms with Gasteiger partial charge in [0, 0.05) is 29.4 Å². The largest absolute Gasteiger partial charge is 0.497 e. The van der Waals surface area contributed by atoms with E-state index in [9.17, 15) is 9.59 Å². The van der Waals surface area contributed by atoms with Crippen LogP contribution in [-0.4, -0.2) is 28.6 Å². The van der Waals surface area contributed by atoms with Crippen molar-refractivity contribution >= 4 is 23.4 Å². The van der Waals surface area contributed by atoms with E-state index in [4.69, 9.17) is 4.74 Å². The van der Waals surface area contributed by atoms with Gasteiger partial charge in [-0.15, -0.1) is 0 Å². The van der Waals surface area contributed by atoms with E-state index < -0.39 is 5.92 Å². The lowest BCUT2D eigenvalue weighted by molar-refractivity contribution is -0.116. The highest BCUT2D eigenvalue weighted by Crippen LogP contribution is 2.43. The number of carbonyl (C=O) groups is 1. The van der Waals surface area contributed by atoms with Gasteiger partial charge in [-0.25, -0.2) is 4.98 Å². The second-order valence-corrected chi connectivity index (χ2v) is 8.07. The third-order valence-electron chi connectivity index (χ3n) is 5.11. The third kappa shape index (κ3) is 3.35. The first-order valence-electron chi connectivity index (χ1n) is 9.56. The summed E-state index contributed by atoms with van der Waals surface area (Å²) in [4.78, 5) is 33.4. The number of nitrogens with one attached hydrogen (secondary N) is 2. The molecule has 6 nitrogen and oxygen atoms in total. The third-order valence-corrected chi connectivity index (χ3v) is 6.19. The van der Waals surface area contributed by atoms with Crippen molar-refractivity contribution in [3.05, 3.63) is 57.0 Å². The Bertz CT molecular complexity index is 1010. The van der Waals surface area contributed by atoms with E-state index in [2.05, 4.69) is 22.2 Å². The molecule has 1 atom stereocenters. The summed E-state index contributed by atoms with van der Waals surface area (Å²) in [5, 5.41) is 3.90. The first-order valence-corrected chi connectivity index (χ1v) is 10.5. The molecule has 0 saturated carbocycles. The lowest BCUT2D eigenvalue weighted by Crippen LogP contribution is -2.32. The van der Waals surface area contributed by atoms with E-state index in [1.165, 1.54) is 11.8 Å². The van der Waals surface area contributed by atoms with E-state index >= 15 is 0 Å². The molecule has 1 aromatic heterocycles. The van der Waals surface area contributed by atoms with E-state index in [1.807, 2.05) is 24.3 Å². The molecule has 0 amide bonds. The quantitative estimate of drug-likeness (QED) is 0.589. The molecule has 1 aromatic carbocycles. The van der Waals surface area contributed by atoms with Gasteiger partial charge in [0.15, 0.2) is 10.9 Å². The van der Waals surface area contributed by atoms with Crippen LogP contribution in [0, 0.1) is 0 Å². The maximum Gasteiger partial charge on any atom is 0.257 e. The number of nitrogens with zero attached hydrogens (tertiary/aromatic N) is 1. The summed E-state index contributed by atoms with van der Waals surface area (Å²) in [5.74, 6) is 1.80. The Hall–Kier alpha value is -2.54. The molecule has 2 N–H and O–H groups in total. The van der Waals surface area contributed by atoms with Crippen LogP contribution in [-0.2, 0) is 4.79 Å². The Morgan fingerprint density at radius 3 is 2.93 bits per heavy atom. The lowest BCUT2D eigenvalue weighted by Gasteiger charge is -2.32. The van der Waals surface area contributed by atoms with Crippen molar-refractivity contribution in [2.45, 2.75) is 43.7 Å². The molecule has 0 unspecified atom stereocenters. The minimum absolute atomic E-state index is 0.0936. The highest BCUT2D eigenvalue weighted by molar-refractivity contribution is 7.99. The summed E-state index contributed by atoms with van der Waals surface area (Å²) < 4.78 is 5.37. The number of carbonyl (C=O) groups excluding carboxylic acids is 1. The number of hydrogen-bond donors (Lipinski definition) is 2. The average molecular weight is 398 g/mol. The van der Waals surface area contributed by atoms with Crippen LogP contribution in [0.25, 0.3) is 0 Å². The van der Waals surface area contributed by atoms with Crippen molar-refractivity contribution in [1.29, 1.82) is 0 Å². The summed E-state index contributed by atoms with van der Waals surface area (Å²) in [7, 11) is 1.61. The van der Waals surface area contributed by atoms with Gasteiger partial charge in [0.05, 0.1) is 12.7 Å². The van der Waals surface area contributed by atoms with Crippen LogP contribution in [0.2, 0.25) is 0 Å². The normalized spacial score (nSPS) is 18.4. The second-order valence-electron chi connectivity index (χ2n) is 6.99. The number of benzene rings is 1. The molecule has 0 fully saturated rings. The highest BCUT2D eigenvalue weighted by Gasteiger charge is 2.37. The fourth-order valence-corrected chi connectivity index (χ4v) is 4.58. The fraction of sp³-hybridized carbons (Fsp3) is 0.381. The van der Waals surface area contributed by atoms with Gasteiger partial charge in [-0.2, -0.15) is 0 Å². The number of aromatic nitrogens is 2. The number of ether oxygens (including phenoxy) is 1. The number of ketones is 1. The maximum atomic E-state index is 13.1. The number of methoxy groups -OCH3 is 1. The average Bonchev–Trinajstić information content (AvgIpc) is 2.71. The number of allylic oxidation sites excluding steroid dienone is 2. The van der Waals surface area contributed by atoms with Crippen LogP contribution in [0.15, 0.2) is 45.5 Å². The summed E-state index contributed by atoms with van der Waals surface area (Å²) in [6.45, 7) is 2.09. The molecule has 2 aliphatic rings. The van der Waals surface area contributed by atoms with E-state index in [0.717, 1.165) is 36.3 Å². The molecule has 0 bridgehead atoms. The number of hydrogen-bond acceptors (Lipinski definition) is 6. The van der Waals surface area contributed by atoms with Crippen LogP contribution in [0.5, 0.6) is 5.75 Å². The van der Waals surface area contributed by atoms with E-state index in [1.54, 1.807) is 7.11 Å². The molecule has 0 spiro atoms. The molecule has 4 rings (SSSR count). The van der Waals surface area contributed by atoms with Crippen molar-refractivity contribution in [3.63, 3.8) is 0 Å². The number of Topliss-reactive ketones (excluding diaryl/α,β-unsaturated/α-hetero) is 1. The minimum Gasteiger partial charge on any atom is -0.497 e. The Morgan fingerprint density at radius 1 is 1.29 bits per heavy atom. The molecule has 7 heteroatoms. The van der Waals surface area contributed by atoms with Crippen LogP contribution < -0.4 is 15.6 Å². The maximum absolute atomic E-state index is 13.1. The fourth-order valence-electron chi connectivity index (χ4n) is 3.86. The summed E-state index contributed by atoms with van der Waals surface area (Å²) in [5.41, 5.74) is 2.75. The van der Waals surface area contributed by atoms with E-state index in [-0.39, 0.29) is 11.3 Å². The molecule has 1 aliphatic heterocycles. The van der Waals surface area contributed by atoms with E-state index in [0.29, 0.717) is 34.3 Å². The molecular formula is C21H23N3O3S. The predicted octanol–water partition coefficient (Wildman–Crippen LogP) is 3.85. The SMILES string of the molecule is CCCSc1nc2c(c(=O)[nH]1)[C@@H](c1cccc(OC)c1)C1=C(CCCC1=O)N2. The van der Waals surface area contributed by atoms with Gasteiger partial charge in [0.2, 0.25) is 0 Å².